The van der Waals surface area contributed by atoms with Crippen LogP contribution < -0.4 is 4.74 Å². The van der Waals surface area contributed by atoms with Gasteiger partial charge in [-0.05, 0) is 32.0 Å². The van der Waals surface area contributed by atoms with Gasteiger partial charge in [-0.3, -0.25) is 0 Å². The molecular formula is C14H23NO2. The van der Waals surface area contributed by atoms with Crippen LogP contribution in [0.15, 0.2) is 24.3 Å². The molecule has 0 bridgehead atoms. The smallest absolute Gasteiger partial charge is 0.119 e. The van der Waals surface area contributed by atoms with Crippen molar-refractivity contribution in [1.29, 1.82) is 0 Å². The molecule has 0 heterocycles. The average Bonchev–Trinajstić information content (AvgIpc) is 2.36. The van der Waals surface area contributed by atoms with Crippen molar-refractivity contribution in [2.24, 2.45) is 0 Å². The highest BCUT2D eigenvalue weighted by Crippen LogP contribution is 2.11. The number of ether oxygens (including phenoxy) is 1. The summed E-state index contributed by atoms with van der Waals surface area (Å²) in [6.45, 7) is 7.99. The first-order chi connectivity index (χ1) is 8.26. The van der Waals surface area contributed by atoms with Crippen LogP contribution in [0, 0.1) is 6.92 Å². The number of benzene rings is 1. The zero-order valence-electron chi connectivity index (χ0n) is 10.9. The number of aliphatic hydroxyl groups excluding tert-OH is 1. The molecule has 0 aliphatic heterocycles. The number of aliphatic hydroxyl groups is 1. The van der Waals surface area contributed by atoms with Crippen LogP contribution in [0.1, 0.15) is 18.9 Å². The molecule has 0 radical (unpaired) electrons. The van der Waals surface area contributed by atoms with Gasteiger partial charge in [0.15, 0.2) is 0 Å². The molecular weight excluding hydrogens is 214 g/mol. The normalized spacial score (nSPS) is 10.8. The summed E-state index contributed by atoms with van der Waals surface area (Å²) in [7, 11) is 0. The summed E-state index contributed by atoms with van der Waals surface area (Å²) in [4.78, 5) is 2.28. The maximum atomic E-state index is 8.78. The Morgan fingerprint density at radius 3 is 2.47 bits per heavy atom. The maximum absolute atomic E-state index is 8.78. The van der Waals surface area contributed by atoms with Crippen LogP contribution >= 0.6 is 0 Å². The molecule has 0 fully saturated rings. The quantitative estimate of drug-likeness (QED) is 0.751. The number of hydrogen-bond acceptors (Lipinski definition) is 3. The van der Waals surface area contributed by atoms with Crippen molar-refractivity contribution in [3.05, 3.63) is 29.8 Å². The molecule has 0 aliphatic carbocycles. The number of rotatable bonds is 8. The Morgan fingerprint density at radius 1 is 1.18 bits per heavy atom. The molecule has 1 aromatic rings. The fourth-order valence-electron chi connectivity index (χ4n) is 1.65. The Kier molecular flexibility index (Phi) is 6.67. The van der Waals surface area contributed by atoms with Crippen LogP contribution in [0.2, 0.25) is 0 Å². The topological polar surface area (TPSA) is 32.7 Å². The second-order valence-electron chi connectivity index (χ2n) is 4.17. The molecule has 0 aromatic heterocycles. The van der Waals surface area contributed by atoms with Crippen LogP contribution in [0.5, 0.6) is 5.75 Å². The lowest BCUT2D eigenvalue weighted by molar-refractivity contribution is 0.195. The van der Waals surface area contributed by atoms with E-state index in [0.717, 1.165) is 31.8 Å². The summed E-state index contributed by atoms with van der Waals surface area (Å²) in [6, 6.07) is 8.11. The first-order valence-corrected chi connectivity index (χ1v) is 6.29. The van der Waals surface area contributed by atoms with E-state index in [2.05, 4.69) is 30.9 Å². The Balaban J connectivity index is 2.23. The Labute approximate surface area is 104 Å². The molecule has 17 heavy (non-hydrogen) atoms. The van der Waals surface area contributed by atoms with Crippen molar-refractivity contribution in [2.75, 3.05) is 32.8 Å². The standard InChI is InChI=1S/C14H23NO2/c1-3-15(9-4-11-16)10-12-17-14-7-5-13(2)6-8-14/h5-8,16H,3-4,9-12H2,1-2H3. The summed E-state index contributed by atoms with van der Waals surface area (Å²) < 4.78 is 5.67. The monoisotopic (exact) mass is 237 g/mol. The summed E-state index contributed by atoms with van der Waals surface area (Å²) in [5, 5.41) is 8.78. The maximum Gasteiger partial charge on any atom is 0.119 e. The molecule has 96 valence electrons. The molecule has 0 spiro atoms. The molecule has 0 saturated heterocycles. The Hall–Kier alpha value is -1.06. The van der Waals surface area contributed by atoms with Gasteiger partial charge in [0.05, 0.1) is 0 Å². The van der Waals surface area contributed by atoms with E-state index in [9.17, 15) is 0 Å². The molecule has 3 heteroatoms. The minimum Gasteiger partial charge on any atom is -0.492 e. The molecule has 0 saturated carbocycles. The van der Waals surface area contributed by atoms with Crippen molar-refractivity contribution < 1.29 is 9.84 Å². The van der Waals surface area contributed by atoms with Gasteiger partial charge in [0.2, 0.25) is 0 Å². The number of nitrogens with zero attached hydrogens (tertiary/aromatic N) is 1. The van der Waals surface area contributed by atoms with Crippen molar-refractivity contribution in [1.82, 2.24) is 4.90 Å². The van der Waals surface area contributed by atoms with Crippen LogP contribution in [0.25, 0.3) is 0 Å². The van der Waals surface area contributed by atoms with Gasteiger partial charge in [-0.25, -0.2) is 0 Å². The molecule has 1 rings (SSSR count). The minimum atomic E-state index is 0.259. The lowest BCUT2D eigenvalue weighted by Gasteiger charge is -2.19. The fourth-order valence-corrected chi connectivity index (χ4v) is 1.65. The van der Waals surface area contributed by atoms with E-state index in [1.807, 2.05) is 12.1 Å². The predicted molar refractivity (Wildman–Crippen MR) is 70.5 cm³/mol. The van der Waals surface area contributed by atoms with E-state index >= 15 is 0 Å². The lowest BCUT2D eigenvalue weighted by Crippen LogP contribution is -2.29. The third-order valence-electron chi connectivity index (χ3n) is 2.78. The predicted octanol–water partition coefficient (Wildman–Crippen LogP) is 2.08. The Morgan fingerprint density at radius 2 is 1.88 bits per heavy atom. The van der Waals surface area contributed by atoms with Crippen molar-refractivity contribution in [2.45, 2.75) is 20.3 Å². The van der Waals surface area contributed by atoms with Crippen LogP contribution in [0.3, 0.4) is 0 Å². The third-order valence-corrected chi connectivity index (χ3v) is 2.78. The van der Waals surface area contributed by atoms with Gasteiger partial charge in [-0.15, -0.1) is 0 Å². The second-order valence-corrected chi connectivity index (χ2v) is 4.17. The van der Waals surface area contributed by atoms with Crippen LogP contribution in [-0.4, -0.2) is 42.9 Å². The SMILES string of the molecule is CCN(CCCO)CCOc1ccc(C)cc1. The van der Waals surface area contributed by atoms with Gasteiger partial charge in [0.25, 0.3) is 0 Å². The van der Waals surface area contributed by atoms with E-state index in [1.165, 1.54) is 5.56 Å². The van der Waals surface area contributed by atoms with Crippen molar-refractivity contribution in [3.8, 4) is 5.75 Å². The first kappa shape index (κ1) is 14.0. The van der Waals surface area contributed by atoms with Gasteiger partial charge < -0.3 is 14.7 Å². The van der Waals surface area contributed by atoms with E-state index in [1.54, 1.807) is 0 Å². The fraction of sp³-hybridized carbons (Fsp3) is 0.571. The molecule has 1 aromatic carbocycles. The molecule has 1 N–H and O–H groups in total. The average molecular weight is 237 g/mol. The Bertz CT molecular complexity index is 298. The molecule has 0 aliphatic rings. The highest BCUT2D eigenvalue weighted by atomic mass is 16.5. The van der Waals surface area contributed by atoms with Crippen LogP contribution in [0.4, 0.5) is 0 Å². The van der Waals surface area contributed by atoms with Gasteiger partial charge in [0.1, 0.15) is 12.4 Å². The summed E-state index contributed by atoms with van der Waals surface area (Å²) in [5.41, 5.74) is 1.25. The first-order valence-electron chi connectivity index (χ1n) is 6.29. The van der Waals surface area contributed by atoms with E-state index in [4.69, 9.17) is 9.84 Å². The van der Waals surface area contributed by atoms with Crippen LogP contribution in [-0.2, 0) is 0 Å². The highest BCUT2D eigenvalue weighted by molar-refractivity contribution is 5.26. The van der Waals surface area contributed by atoms with Gasteiger partial charge in [-0.1, -0.05) is 24.6 Å². The van der Waals surface area contributed by atoms with Gasteiger partial charge >= 0.3 is 0 Å². The van der Waals surface area contributed by atoms with E-state index < -0.39 is 0 Å². The minimum absolute atomic E-state index is 0.259. The third kappa shape index (κ3) is 5.71. The second kappa shape index (κ2) is 8.09. The van der Waals surface area contributed by atoms with E-state index in [0.29, 0.717) is 6.61 Å². The molecule has 3 nitrogen and oxygen atoms in total. The van der Waals surface area contributed by atoms with Gasteiger partial charge in [0, 0.05) is 19.7 Å². The lowest BCUT2D eigenvalue weighted by atomic mass is 10.2. The zero-order chi connectivity index (χ0) is 12.5. The molecule has 0 amide bonds. The largest absolute Gasteiger partial charge is 0.492 e. The number of aryl methyl sites for hydroxylation is 1. The summed E-state index contributed by atoms with van der Waals surface area (Å²) >= 11 is 0. The summed E-state index contributed by atoms with van der Waals surface area (Å²) in [6.07, 6.45) is 0.832. The number of likely N-dealkylation sites (N-methyl/N-ethyl adjacent to an activating group) is 1. The zero-order valence-corrected chi connectivity index (χ0v) is 10.9. The van der Waals surface area contributed by atoms with E-state index in [-0.39, 0.29) is 6.61 Å². The van der Waals surface area contributed by atoms with Crippen molar-refractivity contribution >= 4 is 0 Å². The highest BCUT2D eigenvalue weighted by Gasteiger charge is 2.01. The summed E-state index contributed by atoms with van der Waals surface area (Å²) in [5.74, 6) is 0.925. The van der Waals surface area contributed by atoms with Gasteiger partial charge in [-0.2, -0.15) is 0 Å². The van der Waals surface area contributed by atoms with Crippen molar-refractivity contribution in [3.63, 3.8) is 0 Å². The molecule has 0 unspecified atom stereocenters. The molecule has 0 atom stereocenters. The number of hydrogen-bond donors (Lipinski definition) is 1.